The number of likely N-dealkylation sites (N-methyl/N-ethyl adjacent to an activating group) is 1. The van der Waals surface area contributed by atoms with E-state index >= 15 is 0 Å². The van der Waals surface area contributed by atoms with Crippen LogP contribution in [0.5, 0.6) is 0 Å². The van der Waals surface area contributed by atoms with Crippen LogP contribution in [0.3, 0.4) is 0 Å². The van der Waals surface area contributed by atoms with E-state index in [1.54, 1.807) is 11.9 Å². The summed E-state index contributed by atoms with van der Waals surface area (Å²) in [6.07, 6.45) is 3.08. The van der Waals surface area contributed by atoms with Crippen molar-refractivity contribution < 1.29 is 4.79 Å². The zero-order chi connectivity index (χ0) is 12.7. The molecule has 5 nitrogen and oxygen atoms in total. The number of nitrogens with zero attached hydrogens (tertiary/aromatic N) is 4. The summed E-state index contributed by atoms with van der Waals surface area (Å²) in [7, 11) is 1.72. The minimum absolute atomic E-state index is 0.0325. The fourth-order valence-corrected chi connectivity index (χ4v) is 1.66. The molecule has 1 rings (SSSR count). The van der Waals surface area contributed by atoms with E-state index in [4.69, 9.17) is 10.5 Å². The van der Waals surface area contributed by atoms with Crippen LogP contribution in [0, 0.1) is 22.7 Å². The van der Waals surface area contributed by atoms with Crippen molar-refractivity contribution in [2.24, 2.45) is 0 Å². The van der Waals surface area contributed by atoms with Crippen molar-refractivity contribution in [2.75, 3.05) is 26.7 Å². The Hall–Kier alpha value is -1.59. The average molecular weight is 234 g/mol. The SMILES string of the molecule is CN(CCC#N)C(=O)CN(CCC#N)C1CC1. The molecular weight excluding hydrogens is 216 g/mol. The van der Waals surface area contributed by atoms with Gasteiger partial charge in [0.05, 0.1) is 25.1 Å². The first-order valence-corrected chi connectivity index (χ1v) is 5.91. The molecule has 0 aromatic heterocycles. The number of hydrogen-bond donors (Lipinski definition) is 0. The molecule has 0 atom stereocenters. The molecule has 1 aliphatic rings. The van der Waals surface area contributed by atoms with Crippen molar-refractivity contribution in [1.29, 1.82) is 10.5 Å². The summed E-state index contributed by atoms with van der Waals surface area (Å²) in [6.45, 7) is 1.51. The molecule has 1 fully saturated rings. The summed E-state index contributed by atoms with van der Waals surface area (Å²) in [5.41, 5.74) is 0. The number of hydrogen-bond acceptors (Lipinski definition) is 4. The lowest BCUT2D eigenvalue weighted by Gasteiger charge is -2.23. The number of rotatable bonds is 7. The van der Waals surface area contributed by atoms with Gasteiger partial charge >= 0.3 is 0 Å². The van der Waals surface area contributed by atoms with Gasteiger partial charge in [0.25, 0.3) is 0 Å². The first kappa shape index (κ1) is 13.5. The molecule has 1 saturated carbocycles. The van der Waals surface area contributed by atoms with E-state index in [1.807, 2.05) is 6.07 Å². The van der Waals surface area contributed by atoms with Crippen molar-refractivity contribution in [2.45, 2.75) is 31.7 Å². The van der Waals surface area contributed by atoms with E-state index in [2.05, 4.69) is 11.0 Å². The second-order valence-corrected chi connectivity index (χ2v) is 4.33. The molecule has 5 heteroatoms. The molecule has 0 radical (unpaired) electrons. The maximum absolute atomic E-state index is 11.8. The lowest BCUT2D eigenvalue weighted by molar-refractivity contribution is -0.131. The van der Waals surface area contributed by atoms with E-state index in [0.717, 1.165) is 12.8 Å². The predicted molar refractivity (Wildman–Crippen MR) is 62.7 cm³/mol. The highest BCUT2D eigenvalue weighted by Gasteiger charge is 2.30. The fraction of sp³-hybridized carbons (Fsp3) is 0.750. The highest BCUT2D eigenvalue weighted by atomic mass is 16.2. The second kappa shape index (κ2) is 6.88. The van der Waals surface area contributed by atoms with Crippen LogP contribution in [0.1, 0.15) is 25.7 Å². The molecule has 0 unspecified atom stereocenters. The van der Waals surface area contributed by atoms with Crippen molar-refractivity contribution >= 4 is 5.91 Å². The summed E-state index contributed by atoms with van der Waals surface area (Å²) >= 11 is 0. The Balaban J connectivity index is 2.35. The van der Waals surface area contributed by atoms with Crippen molar-refractivity contribution in [3.05, 3.63) is 0 Å². The fourth-order valence-electron chi connectivity index (χ4n) is 1.66. The first-order valence-electron chi connectivity index (χ1n) is 5.91. The summed E-state index contributed by atoms with van der Waals surface area (Å²) in [4.78, 5) is 15.5. The van der Waals surface area contributed by atoms with Gasteiger partial charge < -0.3 is 4.90 Å². The summed E-state index contributed by atoms with van der Waals surface area (Å²) in [5, 5.41) is 17.0. The Morgan fingerprint density at radius 1 is 1.24 bits per heavy atom. The predicted octanol–water partition coefficient (Wildman–Crippen LogP) is 0.737. The molecule has 0 bridgehead atoms. The Bertz CT molecular complexity index is 337. The molecule has 17 heavy (non-hydrogen) atoms. The number of carbonyl (C=O) groups is 1. The molecule has 92 valence electrons. The van der Waals surface area contributed by atoms with Gasteiger partial charge in [-0.15, -0.1) is 0 Å². The van der Waals surface area contributed by atoms with E-state index in [9.17, 15) is 4.79 Å². The van der Waals surface area contributed by atoms with Crippen molar-refractivity contribution in [3.8, 4) is 12.1 Å². The van der Waals surface area contributed by atoms with Crippen LogP contribution < -0.4 is 0 Å². The number of nitriles is 2. The van der Waals surface area contributed by atoms with Gasteiger partial charge in [-0.1, -0.05) is 0 Å². The molecule has 0 saturated heterocycles. The van der Waals surface area contributed by atoms with Crippen LogP contribution in [0.4, 0.5) is 0 Å². The molecular formula is C12H18N4O. The van der Waals surface area contributed by atoms with Crippen LogP contribution in [0.25, 0.3) is 0 Å². The van der Waals surface area contributed by atoms with Gasteiger partial charge in [0, 0.05) is 32.6 Å². The molecule has 0 aromatic carbocycles. The van der Waals surface area contributed by atoms with Gasteiger partial charge in [-0.25, -0.2) is 0 Å². The van der Waals surface area contributed by atoms with Crippen molar-refractivity contribution in [1.82, 2.24) is 9.80 Å². The Kier molecular flexibility index (Phi) is 5.45. The minimum atomic E-state index is 0.0325. The maximum Gasteiger partial charge on any atom is 0.236 e. The van der Waals surface area contributed by atoms with Gasteiger partial charge in [0.15, 0.2) is 0 Å². The third-order valence-corrected chi connectivity index (χ3v) is 2.90. The number of amides is 1. The molecule has 1 amide bonds. The maximum atomic E-state index is 11.8. The van der Waals surface area contributed by atoms with Gasteiger partial charge in [0.1, 0.15) is 0 Å². The monoisotopic (exact) mass is 234 g/mol. The molecule has 1 aliphatic carbocycles. The van der Waals surface area contributed by atoms with E-state index in [0.29, 0.717) is 38.5 Å². The summed E-state index contributed by atoms with van der Waals surface area (Å²) < 4.78 is 0. The van der Waals surface area contributed by atoms with Crippen molar-refractivity contribution in [3.63, 3.8) is 0 Å². The molecule has 0 aromatic rings. The minimum Gasteiger partial charge on any atom is -0.344 e. The lowest BCUT2D eigenvalue weighted by Crippen LogP contribution is -2.40. The van der Waals surface area contributed by atoms with E-state index < -0.39 is 0 Å². The molecule has 0 aliphatic heterocycles. The van der Waals surface area contributed by atoms with E-state index in [-0.39, 0.29) is 5.91 Å². The molecule has 0 heterocycles. The van der Waals surface area contributed by atoms with Crippen LogP contribution in [-0.2, 0) is 4.79 Å². The van der Waals surface area contributed by atoms with Crippen LogP contribution in [-0.4, -0.2) is 48.4 Å². The summed E-state index contributed by atoms with van der Waals surface area (Å²) in [5.74, 6) is 0.0325. The smallest absolute Gasteiger partial charge is 0.236 e. The van der Waals surface area contributed by atoms with Crippen LogP contribution in [0.15, 0.2) is 0 Å². The molecule has 0 N–H and O–H groups in total. The Labute approximate surface area is 102 Å². The zero-order valence-electron chi connectivity index (χ0n) is 10.2. The topological polar surface area (TPSA) is 71.1 Å². The second-order valence-electron chi connectivity index (χ2n) is 4.33. The van der Waals surface area contributed by atoms with Crippen LogP contribution >= 0.6 is 0 Å². The third-order valence-electron chi connectivity index (χ3n) is 2.90. The van der Waals surface area contributed by atoms with Gasteiger partial charge in [-0.05, 0) is 12.8 Å². The van der Waals surface area contributed by atoms with E-state index in [1.165, 1.54) is 0 Å². The normalized spacial score (nSPS) is 14.1. The first-order chi connectivity index (χ1) is 8.19. The highest BCUT2D eigenvalue weighted by Crippen LogP contribution is 2.26. The van der Waals surface area contributed by atoms with Crippen LogP contribution in [0.2, 0.25) is 0 Å². The lowest BCUT2D eigenvalue weighted by atomic mass is 10.3. The average Bonchev–Trinajstić information content (AvgIpc) is 3.15. The third kappa shape index (κ3) is 4.84. The number of carbonyl (C=O) groups excluding carboxylic acids is 1. The van der Waals surface area contributed by atoms with Gasteiger partial charge in [0.2, 0.25) is 5.91 Å². The Morgan fingerprint density at radius 2 is 1.82 bits per heavy atom. The Morgan fingerprint density at radius 3 is 2.35 bits per heavy atom. The zero-order valence-corrected chi connectivity index (χ0v) is 10.2. The largest absolute Gasteiger partial charge is 0.344 e. The summed E-state index contributed by atoms with van der Waals surface area (Å²) in [6, 6.07) is 4.62. The quantitative estimate of drug-likeness (QED) is 0.651. The van der Waals surface area contributed by atoms with Gasteiger partial charge in [-0.3, -0.25) is 9.69 Å². The van der Waals surface area contributed by atoms with Gasteiger partial charge in [-0.2, -0.15) is 10.5 Å². The molecule has 0 spiro atoms. The standard InChI is InChI=1S/C12H18N4O/c1-15(8-2-6-13)12(17)10-16(9-3-7-14)11-4-5-11/h11H,2-5,8-10H2,1H3. The highest BCUT2D eigenvalue weighted by molar-refractivity contribution is 5.78.